The molecule has 1 aromatic carbocycles. The van der Waals surface area contributed by atoms with Crippen molar-refractivity contribution in [2.45, 2.75) is 70.4 Å². The lowest BCUT2D eigenvalue weighted by molar-refractivity contribution is -0.126. The Bertz CT molecular complexity index is 574. The van der Waals surface area contributed by atoms with E-state index in [9.17, 15) is 4.79 Å². The molecule has 26 heavy (non-hydrogen) atoms. The Hall–Kier alpha value is -1.46. The summed E-state index contributed by atoms with van der Waals surface area (Å²) in [7, 11) is 1.63. The molecule has 1 saturated carbocycles. The van der Waals surface area contributed by atoms with Crippen LogP contribution in [0.15, 0.2) is 18.2 Å². The van der Waals surface area contributed by atoms with Gasteiger partial charge in [0.05, 0.1) is 25.3 Å². The zero-order valence-electron chi connectivity index (χ0n) is 16.2. The van der Waals surface area contributed by atoms with E-state index < -0.39 is 5.54 Å². The summed E-state index contributed by atoms with van der Waals surface area (Å²) in [6.45, 7) is 4.82. The number of carbonyl (C=O) groups excluding carboxylic acids is 1. The van der Waals surface area contributed by atoms with Gasteiger partial charge in [0.15, 0.2) is 11.5 Å². The van der Waals surface area contributed by atoms with Gasteiger partial charge in [0.2, 0.25) is 5.91 Å². The van der Waals surface area contributed by atoms with E-state index in [1.807, 2.05) is 25.1 Å². The number of unbranched alkanes of at least 4 members (excludes halogenated alkanes) is 2. The molecule has 2 rings (SSSR count). The summed E-state index contributed by atoms with van der Waals surface area (Å²) in [5.74, 6) is 1.38. The smallest absolute Gasteiger partial charge is 0.240 e. The predicted octanol–water partition coefficient (Wildman–Crippen LogP) is 4.13. The van der Waals surface area contributed by atoms with E-state index in [4.69, 9.17) is 15.2 Å². The molecule has 1 atom stereocenters. The maximum Gasteiger partial charge on any atom is 0.240 e. The van der Waals surface area contributed by atoms with Crippen LogP contribution in [0.2, 0.25) is 0 Å². The third-order valence-electron chi connectivity index (χ3n) is 4.99. The molecule has 1 aliphatic carbocycles. The number of halogens is 1. The maximum atomic E-state index is 12.5. The van der Waals surface area contributed by atoms with Crippen LogP contribution in [0.1, 0.15) is 70.4 Å². The fourth-order valence-corrected chi connectivity index (χ4v) is 3.26. The molecule has 0 aliphatic heterocycles. The van der Waals surface area contributed by atoms with Gasteiger partial charge in [-0.25, -0.2) is 0 Å². The van der Waals surface area contributed by atoms with Crippen LogP contribution in [-0.2, 0) is 4.79 Å². The molecule has 1 fully saturated rings. The lowest BCUT2D eigenvalue weighted by Gasteiger charge is -2.25. The Labute approximate surface area is 163 Å². The molecule has 0 bridgehead atoms. The van der Waals surface area contributed by atoms with Gasteiger partial charge in [0, 0.05) is 0 Å². The first-order valence-corrected chi connectivity index (χ1v) is 9.40. The molecule has 0 saturated heterocycles. The normalized spacial score (nSPS) is 16.5. The SMILES string of the molecule is CCCCCOc1ccc(C(C)NC(=O)C2(N)CCCC2)cc1OC.Cl. The Balaban J connectivity index is 0.00000338. The average Bonchev–Trinajstić information content (AvgIpc) is 3.06. The zero-order chi connectivity index (χ0) is 18.3. The Kier molecular flexibility index (Phi) is 9.23. The highest BCUT2D eigenvalue weighted by Gasteiger charge is 2.37. The number of hydrogen-bond donors (Lipinski definition) is 2. The third kappa shape index (κ3) is 5.78. The van der Waals surface area contributed by atoms with Crippen molar-refractivity contribution in [3.8, 4) is 11.5 Å². The molecule has 3 N–H and O–H groups in total. The number of carbonyl (C=O) groups is 1. The van der Waals surface area contributed by atoms with E-state index in [2.05, 4.69) is 12.2 Å². The van der Waals surface area contributed by atoms with Crippen LogP contribution in [-0.4, -0.2) is 25.2 Å². The van der Waals surface area contributed by atoms with Gasteiger partial charge in [-0.2, -0.15) is 0 Å². The number of nitrogens with one attached hydrogen (secondary N) is 1. The van der Waals surface area contributed by atoms with Crippen molar-refractivity contribution in [2.24, 2.45) is 5.73 Å². The molecule has 0 radical (unpaired) electrons. The van der Waals surface area contributed by atoms with Crippen LogP contribution in [0, 0.1) is 0 Å². The highest BCUT2D eigenvalue weighted by atomic mass is 35.5. The monoisotopic (exact) mass is 384 g/mol. The minimum atomic E-state index is -0.708. The summed E-state index contributed by atoms with van der Waals surface area (Å²) < 4.78 is 11.3. The molecule has 0 spiro atoms. The minimum Gasteiger partial charge on any atom is -0.493 e. The van der Waals surface area contributed by atoms with Crippen molar-refractivity contribution in [1.29, 1.82) is 0 Å². The second-order valence-electron chi connectivity index (χ2n) is 7.02. The van der Waals surface area contributed by atoms with Crippen LogP contribution in [0.3, 0.4) is 0 Å². The zero-order valence-corrected chi connectivity index (χ0v) is 17.0. The van der Waals surface area contributed by atoms with Crippen LogP contribution < -0.4 is 20.5 Å². The fourth-order valence-electron chi connectivity index (χ4n) is 3.26. The van der Waals surface area contributed by atoms with Gasteiger partial charge in [-0.1, -0.05) is 38.7 Å². The minimum absolute atomic E-state index is 0. The number of amides is 1. The van der Waals surface area contributed by atoms with Crippen molar-refractivity contribution >= 4 is 18.3 Å². The lowest BCUT2D eigenvalue weighted by Crippen LogP contribution is -2.52. The van der Waals surface area contributed by atoms with Gasteiger partial charge >= 0.3 is 0 Å². The van der Waals surface area contributed by atoms with E-state index >= 15 is 0 Å². The molecular weight excluding hydrogens is 352 g/mol. The topological polar surface area (TPSA) is 73.6 Å². The summed E-state index contributed by atoms with van der Waals surface area (Å²) in [6, 6.07) is 5.69. The number of methoxy groups -OCH3 is 1. The molecule has 1 aliphatic rings. The number of hydrogen-bond acceptors (Lipinski definition) is 4. The molecule has 1 unspecified atom stereocenters. The van der Waals surface area contributed by atoms with Gasteiger partial charge < -0.3 is 20.5 Å². The molecule has 148 valence electrons. The molecule has 1 aromatic rings. The van der Waals surface area contributed by atoms with Gasteiger partial charge in [-0.15, -0.1) is 12.4 Å². The van der Waals surface area contributed by atoms with Gasteiger partial charge in [0.1, 0.15) is 0 Å². The first-order valence-electron chi connectivity index (χ1n) is 9.40. The Morgan fingerprint density at radius 1 is 1.27 bits per heavy atom. The number of benzene rings is 1. The van der Waals surface area contributed by atoms with Crippen LogP contribution in [0.4, 0.5) is 0 Å². The lowest BCUT2D eigenvalue weighted by atomic mass is 9.97. The molecule has 0 heterocycles. The second-order valence-corrected chi connectivity index (χ2v) is 7.02. The highest BCUT2D eigenvalue weighted by Crippen LogP contribution is 2.32. The van der Waals surface area contributed by atoms with E-state index in [0.717, 1.165) is 49.8 Å². The number of rotatable bonds is 9. The van der Waals surface area contributed by atoms with Crippen LogP contribution in [0.25, 0.3) is 0 Å². The first-order chi connectivity index (χ1) is 12.0. The van der Waals surface area contributed by atoms with Gasteiger partial charge in [-0.05, 0) is 43.9 Å². The average molecular weight is 385 g/mol. The largest absolute Gasteiger partial charge is 0.493 e. The van der Waals surface area contributed by atoms with Crippen molar-refractivity contribution in [1.82, 2.24) is 5.32 Å². The van der Waals surface area contributed by atoms with Gasteiger partial charge in [0.25, 0.3) is 0 Å². The van der Waals surface area contributed by atoms with Crippen LogP contribution in [0.5, 0.6) is 11.5 Å². The van der Waals surface area contributed by atoms with E-state index in [1.54, 1.807) is 7.11 Å². The molecule has 1 amide bonds. The summed E-state index contributed by atoms with van der Waals surface area (Å²) in [5.41, 5.74) is 6.50. The number of nitrogens with two attached hydrogens (primary N) is 1. The van der Waals surface area contributed by atoms with E-state index in [-0.39, 0.29) is 24.4 Å². The Morgan fingerprint density at radius 2 is 1.96 bits per heavy atom. The summed E-state index contributed by atoms with van der Waals surface area (Å²) >= 11 is 0. The predicted molar refractivity (Wildman–Crippen MR) is 107 cm³/mol. The van der Waals surface area contributed by atoms with Crippen molar-refractivity contribution in [2.75, 3.05) is 13.7 Å². The first kappa shape index (κ1) is 22.6. The van der Waals surface area contributed by atoms with Crippen molar-refractivity contribution in [3.05, 3.63) is 23.8 Å². The summed E-state index contributed by atoms with van der Waals surface area (Å²) in [6.07, 6.45) is 6.93. The van der Waals surface area contributed by atoms with E-state index in [0.29, 0.717) is 12.4 Å². The standard InChI is InChI=1S/C20H32N2O3.ClH/c1-4-5-8-13-25-17-10-9-16(14-18(17)24-3)15(2)22-19(23)20(21)11-6-7-12-20;/h9-10,14-15H,4-8,11-13,21H2,1-3H3,(H,22,23);1H. The van der Waals surface area contributed by atoms with Gasteiger partial charge in [-0.3, -0.25) is 4.79 Å². The highest BCUT2D eigenvalue weighted by molar-refractivity contribution is 5.86. The maximum absolute atomic E-state index is 12.5. The third-order valence-corrected chi connectivity index (χ3v) is 4.99. The summed E-state index contributed by atoms with van der Waals surface area (Å²) in [4.78, 5) is 12.5. The fraction of sp³-hybridized carbons (Fsp3) is 0.650. The quantitative estimate of drug-likeness (QED) is 0.627. The molecule has 6 heteroatoms. The second kappa shape index (κ2) is 10.6. The molecule has 0 aromatic heterocycles. The van der Waals surface area contributed by atoms with Crippen LogP contribution >= 0.6 is 12.4 Å². The van der Waals surface area contributed by atoms with E-state index in [1.165, 1.54) is 6.42 Å². The van der Waals surface area contributed by atoms with Crippen molar-refractivity contribution < 1.29 is 14.3 Å². The molecular formula is C20H33ClN2O3. The Morgan fingerprint density at radius 3 is 2.58 bits per heavy atom. The number of ether oxygens (including phenoxy) is 2. The molecule has 5 nitrogen and oxygen atoms in total. The van der Waals surface area contributed by atoms with Crippen molar-refractivity contribution in [3.63, 3.8) is 0 Å². The summed E-state index contributed by atoms with van der Waals surface area (Å²) in [5, 5.41) is 3.05.